The van der Waals surface area contributed by atoms with Crippen LogP contribution in [0.25, 0.3) is 0 Å². The van der Waals surface area contributed by atoms with Gasteiger partial charge in [0.25, 0.3) is 5.91 Å². The molecule has 1 fully saturated rings. The fraction of sp³-hybridized carbons (Fsp3) is 0.800. The third-order valence-corrected chi connectivity index (χ3v) is 4.11. The Hall–Kier alpha value is -1.22. The second kappa shape index (κ2) is 5.83. The summed E-state index contributed by atoms with van der Waals surface area (Å²) in [6.45, 7) is 0.391. The third-order valence-electron chi connectivity index (χ3n) is 2.97. The zero-order valence-corrected chi connectivity index (χ0v) is 11.3. The molecule has 7 nitrogen and oxygen atoms in total. The van der Waals surface area contributed by atoms with E-state index in [0.717, 1.165) is 18.4 Å². The lowest BCUT2D eigenvalue weighted by Crippen LogP contribution is -2.53. The highest BCUT2D eigenvalue weighted by molar-refractivity contribution is 7.88. The summed E-state index contributed by atoms with van der Waals surface area (Å²) in [7, 11) is -4.45. The van der Waals surface area contributed by atoms with Gasteiger partial charge in [0.15, 0.2) is 0 Å². The minimum atomic E-state index is -5.38. The molecule has 1 aliphatic rings. The highest BCUT2D eigenvalue weighted by atomic mass is 32.2. The number of hydrogen-bond donors (Lipinski definition) is 1. The molecule has 19 heavy (non-hydrogen) atoms. The van der Waals surface area contributed by atoms with Crippen molar-refractivity contribution in [3.63, 3.8) is 0 Å². The van der Waals surface area contributed by atoms with E-state index in [9.17, 15) is 22.4 Å². The van der Waals surface area contributed by atoms with Crippen LogP contribution in [0.15, 0.2) is 0 Å². The Bertz CT molecular complexity index is 459. The molecule has 1 unspecified atom stereocenters. The van der Waals surface area contributed by atoms with Gasteiger partial charge in [-0.15, -0.1) is 0 Å². The Kier molecular flexibility index (Phi) is 4.86. The Morgan fingerprint density at radius 3 is 2.26 bits per heavy atom. The Labute approximate surface area is 110 Å². The quantitative estimate of drug-likeness (QED) is 0.584. The lowest BCUT2D eigenvalue weighted by atomic mass is 10.1. The van der Waals surface area contributed by atoms with Gasteiger partial charge in [0.1, 0.15) is 6.42 Å². The van der Waals surface area contributed by atoms with Gasteiger partial charge in [-0.05, 0) is 19.3 Å². The van der Waals surface area contributed by atoms with Gasteiger partial charge in [0.05, 0.1) is 7.11 Å². The molecule has 0 aliphatic carbocycles. The number of alkyl halides is 1. The van der Waals surface area contributed by atoms with Crippen LogP contribution in [0, 0.1) is 0 Å². The van der Waals surface area contributed by atoms with Crippen LogP contribution in [-0.4, -0.2) is 54.9 Å². The fourth-order valence-electron chi connectivity index (χ4n) is 1.87. The summed E-state index contributed by atoms with van der Waals surface area (Å²) in [6, 6.07) is 0. The second-order valence-electron chi connectivity index (χ2n) is 4.31. The van der Waals surface area contributed by atoms with Gasteiger partial charge in [0.2, 0.25) is 0 Å². The normalized spacial score (nSPS) is 19.6. The molecule has 0 aromatic heterocycles. The second-order valence-corrected chi connectivity index (χ2v) is 5.91. The SMILES string of the molecule is COC(=O)CC(F)(C(=O)N1CCCCC1)S(=O)(=O)O. The predicted molar refractivity (Wildman–Crippen MR) is 62.5 cm³/mol. The molecule has 1 aliphatic heterocycles. The van der Waals surface area contributed by atoms with Crippen molar-refractivity contribution in [1.29, 1.82) is 0 Å². The van der Waals surface area contributed by atoms with E-state index in [1.165, 1.54) is 0 Å². The average molecular weight is 297 g/mol. The monoisotopic (exact) mass is 297 g/mol. The first-order valence-corrected chi connectivity index (χ1v) is 7.18. The minimum Gasteiger partial charge on any atom is -0.469 e. The van der Waals surface area contributed by atoms with Crippen LogP contribution in [0.1, 0.15) is 25.7 Å². The number of esters is 1. The van der Waals surface area contributed by atoms with E-state index in [-0.39, 0.29) is 13.1 Å². The van der Waals surface area contributed by atoms with Gasteiger partial charge in [-0.3, -0.25) is 14.1 Å². The van der Waals surface area contributed by atoms with Crippen molar-refractivity contribution >= 4 is 22.0 Å². The summed E-state index contributed by atoms with van der Waals surface area (Å²) in [5.41, 5.74) is 0. The molecule has 1 rings (SSSR count). The van der Waals surface area contributed by atoms with Crippen LogP contribution in [-0.2, 0) is 24.4 Å². The lowest BCUT2D eigenvalue weighted by molar-refractivity contribution is -0.150. The molecule has 1 amide bonds. The molecule has 0 aromatic carbocycles. The van der Waals surface area contributed by atoms with Crippen LogP contribution in [0.4, 0.5) is 4.39 Å². The molecule has 0 spiro atoms. The summed E-state index contributed by atoms with van der Waals surface area (Å²) < 4.78 is 49.7. The molecule has 0 bridgehead atoms. The number of carbonyl (C=O) groups excluding carboxylic acids is 2. The zero-order valence-electron chi connectivity index (χ0n) is 10.5. The number of halogens is 1. The van der Waals surface area contributed by atoms with E-state index in [1.54, 1.807) is 0 Å². The summed E-state index contributed by atoms with van der Waals surface area (Å²) >= 11 is 0. The van der Waals surface area contributed by atoms with Crippen LogP contribution >= 0.6 is 0 Å². The molecular formula is C10H16FNO6S. The van der Waals surface area contributed by atoms with Crippen molar-refractivity contribution in [2.45, 2.75) is 30.7 Å². The summed E-state index contributed by atoms with van der Waals surface area (Å²) in [6.07, 6.45) is 0.723. The molecule has 1 heterocycles. The molecule has 9 heteroatoms. The number of methoxy groups -OCH3 is 1. The largest absolute Gasteiger partial charge is 0.469 e. The summed E-state index contributed by atoms with van der Waals surface area (Å²) in [5.74, 6) is -2.65. The highest BCUT2D eigenvalue weighted by Crippen LogP contribution is 2.28. The third kappa shape index (κ3) is 3.41. The van der Waals surface area contributed by atoms with Crippen molar-refractivity contribution in [3.05, 3.63) is 0 Å². The number of rotatable bonds is 4. The van der Waals surface area contributed by atoms with Gasteiger partial charge in [-0.2, -0.15) is 8.42 Å². The van der Waals surface area contributed by atoms with E-state index in [1.807, 2.05) is 0 Å². The summed E-state index contributed by atoms with van der Waals surface area (Å²) in [5, 5.41) is -3.68. The number of amides is 1. The van der Waals surface area contributed by atoms with Gasteiger partial charge in [-0.1, -0.05) is 0 Å². The standard InChI is InChI=1S/C10H16FNO6S/c1-18-8(13)7-10(11,19(15,16)17)9(14)12-5-3-2-4-6-12/h2-7H2,1H3,(H,15,16,17). The maximum Gasteiger partial charge on any atom is 0.322 e. The molecule has 1 atom stereocenters. The molecular weight excluding hydrogens is 281 g/mol. The average Bonchev–Trinajstić information content (AvgIpc) is 2.37. The molecule has 0 aromatic rings. The molecule has 1 saturated heterocycles. The van der Waals surface area contributed by atoms with E-state index in [2.05, 4.69) is 4.74 Å². The van der Waals surface area contributed by atoms with Crippen molar-refractivity contribution in [3.8, 4) is 0 Å². The van der Waals surface area contributed by atoms with Crippen LogP contribution < -0.4 is 0 Å². The maximum atomic E-state index is 14.4. The number of carbonyl (C=O) groups is 2. The number of nitrogens with zero attached hydrogens (tertiary/aromatic N) is 1. The Morgan fingerprint density at radius 2 is 1.84 bits per heavy atom. The van der Waals surface area contributed by atoms with Gasteiger partial charge in [0, 0.05) is 13.1 Å². The predicted octanol–water partition coefficient (Wildman–Crippen LogP) is 0.116. The van der Waals surface area contributed by atoms with Gasteiger partial charge >= 0.3 is 21.1 Å². The number of piperidine rings is 1. The topological polar surface area (TPSA) is 101 Å². The first-order chi connectivity index (χ1) is 8.72. The number of ether oxygens (including phenoxy) is 1. The molecule has 110 valence electrons. The highest BCUT2D eigenvalue weighted by Gasteiger charge is 2.55. The first-order valence-electron chi connectivity index (χ1n) is 5.74. The van der Waals surface area contributed by atoms with Crippen LogP contribution in [0.5, 0.6) is 0 Å². The minimum absolute atomic E-state index is 0.196. The Morgan fingerprint density at radius 1 is 1.32 bits per heavy atom. The number of hydrogen-bond acceptors (Lipinski definition) is 5. The van der Waals surface area contributed by atoms with E-state index >= 15 is 0 Å². The van der Waals surface area contributed by atoms with E-state index in [4.69, 9.17) is 4.55 Å². The maximum absolute atomic E-state index is 14.4. The van der Waals surface area contributed by atoms with Gasteiger partial charge in [-0.25, -0.2) is 4.39 Å². The zero-order chi connectivity index (χ0) is 14.7. The smallest absolute Gasteiger partial charge is 0.322 e. The Balaban J connectivity index is 3.02. The lowest BCUT2D eigenvalue weighted by Gasteiger charge is -2.31. The van der Waals surface area contributed by atoms with Crippen molar-refractivity contribution in [2.24, 2.45) is 0 Å². The number of likely N-dealkylation sites (tertiary alicyclic amines) is 1. The molecule has 0 saturated carbocycles. The van der Waals surface area contributed by atoms with Gasteiger partial charge < -0.3 is 9.64 Å². The molecule has 1 N–H and O–H groups in total. The van der Waals surface area contributed by atoms with Crippen molar-refractivity contribution < 1.29 is 31.7 Å². The van der Waals surface area contributed by atoms with Crippen LogP contribution in [0.2, 0.25) is 0 Å². The first kappa shape index (κ1) is 15.8. The van der Waals surface area contributed by atoms with Crippen molar-refractivity contribution in [2.75, 3.05) is 20.2 Å². The van der Waals surface area contributed by atoms with E-state index < -0.39 is 33.4 Å². The van der Waals surface area contributed by atoms with E-state index in [0.29, 0.717) is 12.8 Å². The van der Waals surface area contributed by atoms with Crippen molar-refractivity contribution in [1.82, 2.24) is 4.90 Å². The molecule has 0 radical (unpaired) electrons. The fourth-order valence-corrected chi connectivity index (χ4v) is 2.52. The van der Waals surface area contributed by atoms with Crippen LogP contribution in [0.3, 0.4) is 0 Å². The summed E-state index contributed by atoms with van der Waals surface area (Å²) in [4.78, 5) is 24.0.